The number of hydrogen-bond donors (Lipinski definition) is 2. The summed E-state index contributed by atoms with van der Waals surface area (Å²) in [7, 11) is 0. The second kappa shape index (κ2) is 6.53. The third-order valence-corrected chi connectivity index (χ3v) is 3.10. The molecule has 0 aliphatic carbocycles. The molecule has 0 bridgehead atoms. The van der Waals surface area contributed by atoms with Crippen molar-refractivity contribution in [3.8, 4) is 5.75 Å². The summed E-state index contributed by atoms with van der Waals surface area (Å²) in [5.74, 6) is -0.623. The number of nitrogens with one attached hydrogen (secondary N) is 1. The highest BCUT2D eigenvalue weighted by Gasteiger charge is 2.14. The summed E-state index contributed by atoms with van der Waals surface area (Å²) < 4.78 is 29.7. The summed E-state index contributed by atoms with van der Waals surface area (Å²) in [6.07, 6.45) is 0. The van der Waals surface area contributed by atoms with Gasteiger partial charge in [0.05, 0.1) is 11.3 Å². The molecule has 0 saturated heterocycles. The highest BCUT2D eigenvalue weighted by Crippen LogP contribution is 2.27. The van der Waals surface area contributed by atoms with Crippen molar-refractivity contribution in [3.05, 3.63) is 52.5 Å². The van der Waals surface area contributed by atoms with Crippen LogP contribution >= 0.6 is 15.9 Å². The SMILES string of the molecule is Nc1cc(Br)ccc1C(=O)Nc1ccccc1OC(F)F. The van der Waals surface area contributed by atoms with Gasteiger partial charge in [-0.3, -0.25) is 4.79 Å². The van der Waals surface area contributed by atoms with Gasteiger partial charge in [0, 0.05) is 10.2 Å². The Morgan fingerprint density at radius 2 is 1.95 bits per heavy atom. The Balaban J connectivity index is 2.23. The molecule has 0 aromatic heterocycles. The number of halogens is 3. The summed E-state index contributed by atoms with van der Waals surface area (Å²) in [4.78, 5) is 12.1. The van der Waals surface area contributed by atoms with Crippen LogP contribution in [0.15, 0.2) is 46.9 Å². The minimum atomic E-state index is -2.97. The van der Waals surface area contributed by atoms with E-state index < -0.39 is 12.5 Å². The molecule has 7 heteroatoms. The summed E-state index contributed by atoms with van der Waals surface area (Å²) >= 11 is 3.24. The molecular weight excluding hydrogens is 346 g/mol. The van der Waals surface area contributed by atoms with Gasteiger partial charge in [-0.1, -0.05) is 28.1 Å². The van der Waals surface area contributed by atoms with Gasteiger partial charge in [0.1, 0.15) is 5.75 Å². The number of nitrogen functional groups attached to an aromatic ring is 1. The number of para-hydroxylation sites is 2. The largest absolute Gasteiger partial charge is 0.433 e. The van der Waals surface area contributed by atoms with E-state index in [1.54, 1.807) is 18.2 Å². The minimum absolute atomic E-state index is 0.114. The maximum atomic E-state index is 12.3. The first-order valence-electron chi connectivity index (χ1n) is 5.87. The first-order chi connectivity index (χ1) is 9.97. The monoisotopic (exact) mass is 356 g/mol. The van der Waals surface area contributed by atoms with Crippen molar-refractivity contribution in [1.29, 1.82) is 0 Å². The fourth-order valence-electron chi connectivity index (χ4n) is 1.70. The predicted octanol–water partition coefficient (Wildman–Crippen LogP) is 3.89. The second-order valence-corrected chi connectivity index (χ2v) is 4.98. The van der Waals surface area contributed by atoms with Crippen molar-refractivity contribution < 1.29 is 18.3 Å². The van der Waals surface area contributed by atoms with Crippen molar-refractivity contribution in [2.24, 2.45) is 0 Å². The molecule has 1 amide bonds. The molecule has 0 atom stereocenters. The van der Waals surface area contributed by atoms with Gasteiger partial charge >= 0.3 is 6.61 Å². The van der Waals surface area contributed by atoms with Gasteiger partial charge in [0.2, 0.25) is 0 Å². The molecule has 4 nitrogen and oxygen atoms in total. The number of benzene rings is 2. The number of anilines is 2. The van der Waals surface area contributed by atoms with Crippen LogP contribution in [-0.2, 0) is 0 Å². The van der Waals surface area contributed by atoms with Gasteiger partial charge < -0.3 is 15.8 Å². The van der Waals surface area contributed by atoms with Gasteiger partial charge in [-0.05, 0) is 30.3 Å². The number of rotatable bonds is 4. The zero-order valence-corrected chi connectivity index (χ0v) is 12.2. The molecule has 0 unspecified atom stereocenters. The van der Waals surface area contributed by atoms with E-state index in [0.717, 1.165) is 4.47 Å². The molecular formula is C14H11BrF2N2O2. The molecule has 0 radical (unpaired) electrons. The molecule has 2 aromatic carbocycles. The van der Waals surface area contributed by atoms with Crippen molar-refractivity contribution in [1.82, 2.24) is 0 Å². The normalized spacial score (nSPS) is 10.5. The van der Waals surface area contributed by atoms with E-state index in [2.05, 4.69) is 26.0 Å². The highest BCUT2D eigenvalue weighted by atomic mass is 79.9. The number of hydrogen-bond acceptors (Lipinski definition) is 3. The van der Waals surface area contributed by atoms with E-state index in [9.17, 15) is 13.6 Å². The third-order valence-electron chi connectivity index (χ3n) is 2.61. The average molecular weight is 357 g/mol. The van der Waals surface area contributed by atoms with Crippen molar-refractivity contribution in [3.63, 3.8) is 0 Å². The van der Waals surface area contributed by atoms with Crippen molar-refractivity contribution in [2.75, 3.05) is 11.1 Å². The Labute approximate surface area is 128 Å². The van der Waals surface area contributed by atoms with E-state index in [0.29, 0.717) is 0 Å². The molecule has 0 aliphatic heterocycles. The van der Waals surface area contributed by atoms with Crippen LogP contribution in [0, 0.1) is 0 Å². The van der Waals surface area contributed by atoms with Crippen LogP contribution in [0.5, 0.6) is 5.75 Å². The molecule has 3 N–H and O–H groups in total. The Morgan fingerprint density at radius 3 is 2.62 bits per heavy atom. The van der Waals surface area contributed by atoms with Crippen LogP contribution in [-0.4, -0.2) is 12.5 Å². The van der Waals surface area contributed by atoms with Crippen molar-refractivity contribution >= 4 is 33.2 Å². The summed E-state index contributed by atoms with van der Waals surface area (Å²) in [5.41, 5.74) is 6.41. The quantitative estimate of drug-likeness (QED) is 0.817. The summed E-state index contributed by atoms with van der Waals surface area (Å²) in [5, 5.41) is 2.50. The molecule has 0 saturated carbocycles. The lowest BCUT2D eigenvalue weighted by Gasteiger charge is -2.12. The van der Waals surface area contributed by atoms with Crippen LogP contribution < -0.4 is 15.8 Å². The molecule has 110 valence electrons. The average Bonchev–Trinajstić information content (AvgIpc) is 2.40. The Bertz CT molecular complexity index is 665. The lowest BCUT2D eigenvalue weighted by Crippen LogP contribution is -2.15. The molecule has 0 fully saturated rings. The lowest BCUT2D eigenvalue weighted by atomic mass is 10.1. The Kier molecular flexibility index (Phi) is 4.74. The summed E-state index contributed by atoms with van der Waals surface area (Å²) in [6.45, 7) is -2.97. The van der Waals surface area contributed by atoms with E-state index in [1.165, 1.54) is 24.3 Å². The second-order valence-electron chi connectivity index (χ2n) is 4.06. The first kappa shape index (κ1) is 15.2. The predicted molar refractivity (Wildman–Crippen MR) is 79.6 cm³/mol. The van der Waals surface area contributed by atoms with Gasteiger partial charge in [-0.15, -0.1) is 0 Å². The minimum Gasteiger partial charge on any atom is -0.433 e. The van der Waals surface area contributed by atoms with Crippen molar-refractivity contribution in [2.45, 2.75) is 6.61 Å². The number of carbonyl (C=O) groups is 1. The maximum Gasteiger partial charge on any atom is 0.387 e. The van der Waals surface area contributed by atoms with Crippen LogP contribution in [0.2, 0.25) is 0 Å². The number of ether oxygens (including phenoxy) is 1. The van der Waals surface area contributed by atoms with Gasteiger partial charge in [-0.2, -0.15) is 8.78 Å². The van der Waals surface area contributed by atoms with E-state index >= 15 is 0 Å². The van der Waals surface area contributed by atoms with Gasteiger partial charge in [-0.25, -0.2) is 0 Å². The van der Waals surface area contributed by atoms with E-state index in [1.807, 2.05) is 0 Å². The Morgan fingerprint density at radius 1 is 1.24 bits per heavy atom. The number of alkyl halides is 2. The topological polar surface area (TPSA) is 64.4 Å². The Hall–Kier alpha value is -2.15. The fourth-order valence-corrected chi connectivity index (χ4v) is 2.08. The smallest absolute Gasteiger partial charge is 0.387 e. The number of carbonyl (C=O) groups excluding carboxylic acids is 1. The molecule has 2 aromatic rings. The van der Waals surface area contributed by atoms with E-state index in [-0.39, 0.29) is 22.7 Å². The zero-order chi connectivity index (χ0) is 15.4. The maximum absolute atomic E-state index is 12.3. The molecule has 21 heavy (non-hydrogen) atoms. The fraction of sp³-hybridized carbons (Fsp3) is 0.0714. The van der Waals surface area contributed by atoms with Crippen LogP contribution in [0.1, 0.15) is 10.4 Å². The van der Waals surface area contributed by atoms with Gasteiger partial charge in [0.25, 0.3) is 5.91 Å². The third kappa shape index (κ3) is 3.91. The van der Waals surface area contributed by atoms with Crippen LogP contribution in [0.4, 0.5) is 20.2 Å². The zero-order valence-electron chi connectivity index (χ0n) is 10.6. The highest BCUT2D eigenvalue weighted by molar-refractivity contribution is 9.10. The first-order valence-corrected chi connectivity index (χ1v) is 6.67. The number of amides is 1. The standard InChI is InChI=1S/C14H11BrF2N2O2/c15-8-5-6-9(10(18)7-8)13(20)19-11-3-1-2-4-12(11)21-14(16)17/h1-7,14H,18H2,(H,19,20). The molecule has 0 spiro atoms. The lowest BCUT2D eigenvalue weighted by molar-refractivity contribution is -0.0493. The molecule has 0 heterocycles. The molecule has 0 aliphatic rings. The van der Waals surface area contributed by atoms with Gasteiger partial charge in [0.15, 0.2) is 0 Å². The van der Waals surface area contributed by atoms with E-state index in [4.69, 9.17) is 5.73 Å². The van der Waals surface area contributed by atoms with Crippen LogP contribution in [0.3, 0.4) is 0 Å². The summed E-state index contributed by atoms with van der Waals surface area (Å²) in [6, 6.07) is 10.7. The van der Waals surface area contributed by atoms with Crippen LogP contribution in [0.25, 0.3) is 0 Å². The molecule has 2 rings (SSSR count). The number of nitrogens with two attached hydrogens (primary N) is 1.